The summed E-state index contributed by atoms with van der Waals surface area (Å²) in [6, 6.07) is 10.7. The molecule has 0 atom stereocenters. The van der Waals surface area contributed by atoms with E-state index in [1.54, 1.807) is 24.3 Å². The van der Waals surface area contributed by atoms with Crippen LogP contribution in [0.3, 0.4) is 0 Å². The maximum atomic E-state index is 15.0. The van der Waals surface area contributed by atoms with Crippen LogP contribution < -0.4 is 0 Å². The highest BCUT2D eigenvalue weighted by atomic mass is 19.3. The quantitative estimate of drug-likeness (QED) is 0.447. The van der Waals surface area contributed by atoms with Crippen molar-refractivity contribution in [2.75, 3.05) is 0 Å². The Balaban J connectivity index is 1.73. The van der Waals surface area contributed by atoms with Crippen molar-refractivity contribution in [1.29, 1.82) is 0 Å². The van der Waals surface area contributed by atoms with Crippen LogP contribution >= 0.6 is 0 Å². The van der Waals surface area contributed by atoms with E-state index < -0.39 is 17.8 Å². The van der Waals surface area contributed by atoms with E-state index >= 15 is 0 Å². The van der Waals surface area contributed by atoms with Crippen LogP contribution in [0.2, 0.25) is 0 Å². The van der Waals surface area contributed by atoms with Crippen molar-refractivity contribution in [3.05, 3.63) is 58.9 Å². The second-order valence-corrected chi connectivity index (χ2v) is 8.38. The Bertz CT molecular complexity index is 756. The zero-order chi connectivity index (χ0) is 20.1. The van der Waals surface area contributed by atoms with Gasteiger partial charge in [0.1, 0.15) is 5.82 Å². The van der Waals surface area contributed by atoms with Crippen LogP contribution in [-0.2, 0) is 6.42 Å². The Morgan fingerprint density at radius 1 is 0.893 bits per heavy atom. The van der Waals surface area contributed by atoms with Crippen molar-refractivity contribution in [2.24, 2.45) is 11.8 Å². The summed E-state index contributed by atoms with van der Waals surface area (Å²) in [7, 11) is 0. The van der Waals surface area contributed by atoms with Crippen molar-refractivity contribution in [3.63, 3.8) is 0 Å². The molecule has 0 unspecified atom stereocenters. The van der Waals surface area contributed by atoms with E-state index in [0.717, 1.165) is 17.9 Å². The molecular weight excluding hydrogens is 357 g/mol. The van der Waals surface area contributed by atoms with Crippen LogP contribution in [0.25, 0.3) is 11.1 Å². The van der Waals surface area contributed by atoms with Gasteiger partial charge >= 0.3 is 0 Å². The largest absolute Gasteiger partial charge is 0.266 e. The molecule has 1 saturated carbocycles. The molecule has 0 aliphatic heterocycles. The van der Waals surface area contributed by atoms with Crippen molar-refractivity contribution < 1.29 is 13.2 Å². The fourth-order valence-electron chi connectivity index (χ4n) is 4.62. The number of benzene rings is 2. The molecule has 152 valence electrons. The molecule has 0 N–H and O–H groups in total. The molecule has 1 aliphatic carbocycles. The number of aryl methyl sites for hydroxylation is 2. The minimum atomic E-state index is -2.79. The van der Waals surface area contributed by atoms with Gasteiger partial charge in [0.2, 0.25) is 0 Å². The van der Waals surface area contributed by atoms with Crippen LogP contribution in [0.5, 0.6) is 0 Å². The maximum absolute atomic E-state index is 15.0. The van der Waals surface area contributed by atoms with E-state index in [-0.39, 0.29) is 5.56 Å². The molecule has 28 heavy (non-hydrogen) atoms. The summed E-state index contributed by atoms with van der Waals surface area (Å²) in [6.45, 7) is 4.18. The van der Waals surface area contributed by atoms with Gasteiger partial charge in [0.25, 0.3) is 6.43 Å². The molecule has 0 nitrogen and oxygen atoms in total. The van der Waals surface area contributed by atoms with Crippen LogP contribution in [0.15, 0.2) is 36.4 Å². The van der Waals surface area contributed by atoms with Gasteiger partial charge in [-0.1, -0.05) is 87.4 Å². The highest BCUT2D eigenvalue weighted by molar-refractivity contribution is 5.66. The van der Waals surface area contributed by atoms with Gasteiger partial charge in [-0.25, -0.2) is 13.2 Å². The van der Waals surface area contributed by atoms with Crippen molar-refractivity contribution in [3.8, 4) is 11.1 Å². The normalized spacial score (nSPS) is 19.9. The minimum absolute atomic E-state index is 0.263. The first-order valence-electron chi connectivity index (χ1n) is 10.7. The van der Waals surface area contributed by atoms with Crippen LogP contribution in [0, 0.1) is 24.6 Å². The molecule has 0 radical (unpaired) electrons. The van der Waals surface area contributed by atoms with Gasteiger partial charge in [-0.2, -0.15) is 0 Å². The topological polar surface area (TPSA) is 0 Å². The summed E-state index contributed by atoms with van der Waals surface area (Å²) in [5, 5.41) is 0. The standard InChI is InChI=1S/C25H31F3/c1-3-4-18-7-9-19(10-8-18)11-14-21-15-16-22(24(26)23(21)25(27)28)20-12-5-17(2)6-13-20/h5-6,12-13,15-16,18-19,25H,3-4,7-11,14H2,1-2H3. The summed E-state index contributed by atoms with van der Waals surface area (Å²) in [6.07, 6.45) is 6.02. The number of rotatable bonds is 7. The lowest BCUT2D eigenvalue weighted by atomic mass is 9.78. The lowest BCUT2D eigenvalue weighted by Crippen LogP contribution is -2.15. The van der Waals surface area contributed by atoms with Gasteiger partial charge < -0.3 is 0 Å². The van der Waals surface area contributed by atoms with E-state index in [1.165, 1.54) is 38.5 Å². The SMILES string of the molecule is CCCC1CCC(CCc2ccc(-c3ccc(C)cc3)c(F)c2C(F)F)CC1. The number of hydrogen-bond acceptors (Lipinski definition) is 0. The fourth-order valence-corrected chi connectivity index (χ4v) is 4.62. The predicted octanol–water partition coefficient (Wildman–Crippen LogP) is 8.28. The Morgan fingerprint density at radius 2 is 1.50 bits per heavy atom. The van der Waals surface area contributed by atoms with Gasteiger partial charge in [0.05, 0.1) is 5.56 Å². The van der Waals surface area contributed by atoms with E-state index in [4.69, 9.17) is 0 Å². The molecule has 0 aromatic heterocycles. The average molecular weight is 389 g/mol. The van der Waals surface area contributed by atoms with Crippen molar-refractivity contribution >= 4 is 0 Å². The predicted molar refractivity (Wildman–Crippen MR) is 110 cm³/mol. The summed E-state index contributed by atoms with van der Waals surface area (Å²) < 4.78 is 42.4. The van der Waals surface area contributed by atoms with Gasteiger partial charge in [0.15, 0.2) is 0 Å². The van der Waals surface area contributed by atoms with E-state index in [2.05, 4.69) is 6.92 Å². The first kappa shape index (κ1) is 21.0. The molecule has 0 spiro atoms. The molecule has 0 heterocycles. The second-order valence-electron chi connectivity index (χ2n) is 8.38. The number of alkyl halides is 2. The van der Waals surface area contributed by atoms with Gasteiger partial charge in [-0.05, 0) is 42.7 Å². The lowest BCUT2D eigenvalue weighted by molar-refractivity contribution is 0.145. The third kappa shape index (κ3) is 4.98. The summed E-state index contributed by atoms with van der Waals surface area (Å²) in [5.74, 6) is 0.658. The first-order chi connectivity index (χ1) is 13.5. The third-order valence-electron chi connectivity index (χ3n) is 6.34. The molecule has 0 saturated heterocycles. The monoisotopic (exact) mass is 388 g/mol. The summed E-state index contributed by atoms with van der Waals surface area (Å²) in [4.78, 5) is 0. The molecule has 0 bridgehead atoms. The zero-order valence-corrected chi connectivity index (χ0v) is 17.0. The van der Waals surface area contributed by atoms with Crippen LogP contribution in [0.1, 0.15) is 75.0 Å². The van der Waals surface area contributed by atoms with Gasteiger partial charge in [-0.15, -0.1) is 0 Å². The number of halogens is 3. The zero-order valence-electron chi connectivity index (χ0n) is 17.0. The van der Waals surface area contributed by atoms with E-state index in [1.807, 2.05) is 19.1 Å². The van der Waals surface area contributed by atoms with Gasteiger partial charge in [-0.3, -0.25) is 0 Å². The first-order valence-corrected chi connectivity index (χ1v) is 10.7. The van der Waals surface area contributed by atoms with E-state index in [0.29, 0.717) is 23.5 Å². The van der Waals surface area contributed by atoms with Gasteiger partial charge in [0, 0.05) is 5.56 Å². The third-order valence-corrected chi connectivity index (χ3v) is 6.34. The Kier molecular flexibility index (Phi) is 7.20. The molecule has 2 aromatic rings. The number of hydrogen-bond donors (Lipinski definition) is 0. The lowest BCUT2D eigenvalue weighted by Gasteiger charge is -2.28. The molecule has 1 fully saturated rings. The Hall–Kier alpha value is -1.77. The molecule has 2 aromatic carbocycles. The minimum Gasteiger partial charge on any atom is -0.206 e. The van der Waals surface area contributed by atoms with E-state index in [9.17, 15) is 13.2 Å². The Labute approximate surface area is 167 Å². The van der Waals surface area contributed by atoms with Crippen molar-refractivity contribution in [2.45, 2.75) is 71.6 Å². The van der Waals surface area contributed by atoms with Crippen LogP contribution in [0.4, 0.5) is 13.2 Å². The highest BCUT2D eigenvalue weighted by Gasteiger charge is 2.24. The molecule has 1 aliphatic rings. The smallest absolute Gasteiger partial charge is 0.206 e. The molecule has 3 heteroatoms. The fraction of sp³-hybridized carbons (Fsp3) is 0.520. The maximum Gasteiger partial charge on any atom is 0.266 e. The summed E-state index contributed by atoms with van der Waals surface area (Å²) in [5.41, 5.74) is 2.03. The molecule has 3 rings (SSSR count). The second kappa shape index (κ2) is 9.62. The molecule has 0 amide bonds. The van der Waals surface area contributed by atoms with Crippen molar-refractivity contribution in [1.82, 2.24) is 0 Å². The summed E-state index contributed by atoms with van der Waals surface area (Å²) >= 11 is 0. The average Bonchev–Trinajstić information content (AvgIpc) is 2.68. The Morgan fingerprint density at radius 3 is 2.07 bits per heavy atom. The molecular formula is C25H31F3. The highest BCUT2D eigenvalue weighted by Crippen LogP contribution is 2.37. The van der Waals surface area contributed by atoms with Crippen LogP contribution in [-0.4, -0.2) is 0 Å².